The maximum Gasteiger partial charge on any atom is 0.0547 e. The lowest BCUT2D eigenvalue weighted by molar-refractivity contribution is 0.552. The molecule has 0 amide bonds. The smallest absolute Gasteiger partial charge is 0.0547 e. The minimum absolute atomic E-state index is 0.363. The van der Waals surface area contributed by atoms with E-state index < -0.39 is 0 Å². The zero-order valence-corrected chi connectivity index (χ0v) is 15.8. The summed E-state index contributed by atoms with van der Waals surface area (Å²) in [6.07, 6.45) is 10.4. The molecule has 1 aliphatic carbocycles. The molecule has 0 fully saturated rings. The van der Waals surface area contributed by atoms with Gasteiger partial charge in [0.15, 0.2) is 0 Å². The molecule has 0 radical (unpaired) electrons. The normalized spacial score (nSPS) is 20.6. The highest BCUT2D eigenvalue weighted by Crippen LogP contribution is 2.33. The van der Waals surface area contributed by atoms with Crippen molar-refractivity contribution in [1.29, 1.82) is 0 Å². The monoisotopic (exact) mass is 447 g/mol. The number of hydrogen-bond acceptors (Lipinski definition) is 1. The SMILES string of the molecule is CCNC(/C1=C/CCCCCC1)c1cc(I)ccc1Br. The van der Waals surface area contributed by atoms with Crippen LogP contribution in [-0.2, 0) is 0 Å². The van der Waals surface area contributed by atoms with Crippen molar-refractivity contribution in [2.45, 2.75) is 51.5 Å². The van der Waals surface area contributed by atoms with Crippen LogP contribution in [0.5, 0.6) is 0 Å². The summed E-state index contributed by atoms with van der Waals surface area (Å²) in [5, 5.41) is 3.68. The van der Waals surface area contributed by atoms with Gasteiger partial charge >= 0.3 is 0 Å². The lowest BCUT2D eigenvalue weighted by atomic mass is 9.91. The highest BCUT2D eigenvalue weighted by molar-refractivity contribution is 14.1. The van der Waals surface area contributed by atoms with Crippen molar-refractivity contribution in [1.82, 2.24) is 5.32 Å². The first-order valence-electron chi connectivity index (χ1n) is 7.59. The van der Waals surface area contributed by atoms with Crippen LogP contribution in [0.2, 0.25) is 0 Å². The molecule has 0 spiro atoms. The van der Waals surface area contributed by atoms with E-state index in [2.05, 4.69) is 75.0 Å². The van der Waals surface area contributed by atoms with E-state index in [1.165, 1.54) is 52.1 Å². The van der Waals surface area contributed by atoms with E-state index >= 15 is 0 Å². The third kappa shape index (κ3) is 4.57. The molecule has 0 saturated heterocycles. The lowest BCUT2D eigenvalue weighted by Crippen LogP contribution is -2.23. The molecule has 0 aliphatic heterocycles. The van der Waals surface area contributed by atoms with E-state index in [9.17, 15) is 0 Å². The Kier molecular flexibility index (Phi) is 7.05. The van der Waals surface area contributed by atoms with Gasteiger partial charge in [-0.1, -0.05) is 47.3 Å². The predicted octanol–water partition coefficient (Wildman–Crippen LogP) is 5.98. The van der Waals surface area contributed by atoms with Crippen molar-refractivity contribution >= 4 is 38.5 Å². The van der Waals surface area contributed by atoms with Gasteiger partial charge in [0.2, 0.25) is 0 Å². The van der Waals surface area contributed by atoms with Crippen LogP contribution in [0.25, 0.3) is 0 Å². The van der Waals surface area contributed by atoms with Crippen LogP contribution in [0.3, 0.4) is 0 Å². The predicted molar refractivity (Wildman–Crippen MR) is 99.1 cm³/mol. The molecule has 110 valence electrons. The van der Waals surface area contributed by atoms with Crippen LogP contribution in [-0.4, -0.2) is 6.54 Å². The Labute approximate surface area is 144 Å². The number of halogens is 2. The van der Waals surface area contributed by atoms with Gasteiger partial charge in [0, 0.05) is 8.04 Å². The number of nitrogens with one attached hydrogen (secondary N) is 1. The number of benzene rings is 1. The standard InChI is InChI=1S/C17H23BrIN/c1-2-20-17(13-8-6-4-3-5-7-9-13)15-12-14(19)10-11-16(15)18/h8,10-12,17,20H,2-7,9H2,1H3/b13-8+. The molecule has 1 atom stereocenters. The lowest BCUT2D eigenvalue weighted by Gasteiger charge is -2.25. The summed E-state index contributed by atoms with van der Waals surface area (Å²) in [6, 6.07) is 6.99. The first kappa shape index (κ1) is 16.5. The topological polar surface area (TPSA) is 12.0 Å². The molecular weight excluding hydrogens is 425 g/mol. The van der Waals surface area contributed by atoms with Crippen molar-refractivity contribution < 1.29 is 0 Å². The van der Waals surface area contributed by atoms with E-state index in [0.717, 1.165) is 6.54 Å². The van der Waals surface area contributed by atoms with E-state index in [0.29, 0.717) is 6.04 Å². The van der Waals surface area contributed by atoms with Crippen LogP contribution in [0.4, 0.5) is 0 Å². The summed E-state index contributed by atoms with van der Waals surface area (Å²) < 4.78 is 2.52. The molecule has 20 heavy (non-hydrogen) atoms. The molecule has 1 aromatic carbocycles. The summed E-state index contributed by atoms with van der Waals surface area (Å²) in [7, 11) is 0. The van der Waals surface area contributed by atoms with Gasteiger partial charge in [0.1, 0.15) is 0 Å². The molecule has 1 aliphatic rings. The van der Waals surface area contributed by atoms with E-state index in [4.69, 9.17) is 0 Å². The summed E-state index contributed by atoms with van der Waals surface area (Å²) in [6.45, 7) is 3.19. The zero-order chi connectivity index (χ0) is 14.4. The van der Waals surface area contributed by atoms with Gasteiger partial charge in [-0.2, -0.15) is 0 Å². The molecule has 0 heterocycles. The first-order valence-corrected chi connectivity index (χ1v) is 9.46. The van der Waals surface area contributed by atoms with Gasteiger partial charge in [-0.05, 0) is 78.6 Å². The molecule has 0 saturated carbocycles. The fraction of sp³-hybridized carbons (Fsp3) is 0.529. The van der Waals surface area contributed by atoms with Crippen LogP contribution < -0.4 is 5.32 Å². The van der Waals surface area contributed by atoms with Crippen LogP contribution in [0.1, 0.15) is 57.1 Å². The van der Waals surface area contributed by atoms with Crippen molar-refractivity contribution in [2.24, 2.45) is 0 Å². The molecular formula is C17H23BrIN. The highest BCUT2D eigenvalue weighted by Gasteiger charge is 2.19. The fourth-order valence-corrected chi connectivity index (χ4v) is 3.85. The fourth-order valence-electron chi connectivity index (χ4n) is 2.86. The Bertz CT molecular complexity index is 470. The Morgan fingerprint density at radius 2 is 2.05 bits per heavy atom. The largest absolute Gasteiger partial charge is 0.307 e. The maximum atomic E-state index is 3.73. The Balaban J connectivity index is 2.31. The molecule has 3 heteroatoms. The molecule has 1 unspecified atom stereocenters. The van der Waals surface area contributed by atoms with Crippen molar-refractivity contribution in [3.8, 4) is 0 Å². The minimum Gasteiger partial charge on any atom is -0.307 e. The number of hydrogen-bond donors (Lipinski definition) is 1. The molecule has 1 N–H and O–H groups in total. The maximum absolute atomic E-state index is 3.73. The Morgan fingerprint density at radius 1 is 1.25 bits per heavy atom. The Hall–Kier alpha value is 0.130. The van der Waals surface area contributed by atoms with Gasteiger partial charge < -0.3 is 5.32 Å². The number of likely N-dealkylation sites (N-methyl/N-ethyl adjacent to an activating group) is 1. The zero-order valence-electron chi connectivity index (χ0n) is 12.1. The third-order valence-electron chi connectivity index (χ3n) is 3.87. The summed E-state index contributed by atoms with van der Waals surface area (Å²) in [4.78, 5) is 0. The second kappa shape index (κ2) is 8.54. The number of allylic oxidation sites excluding steroid dienone is 1. The van der Waals surface area contributed by atoms with Gasteiger partial charge in [-0.15, -0.1) is 0 Å². The van der Waals surface area contributed by atoms with Crippen LogP contribution in [0.15, 0.2) is 34.3 Å². The van der Waals surface area contributed by atoms with Gasteiger partial charge in [-0.3, -0.25) is 0 Å². The molecule has 2 rings (SSSR count). The van der Waals surface area contributed by atoms with Crippen LogP contribution in [0, 0.1) is 3.57 Å². The second-order valence-electron chi connectivity index (χ2n) is 5.39. The van der Waals surface area contributed by atoms with E-state index in [1.807, 2.05) is 0 Å². The molecule has 0 aromatic heterocycles. The molecule has 1 nitrogen and oxygen atoms in total. The molecule has 1 aromatic rings. The van der Waals surface area contributed by atoms with Crippen molar-refractivity contribution in [2.75, 3.05) is 6.54 Å². The number of rotatable bonds is 4. The van der Waals surface area contributed by atoms with Gasteiger partial charge in [-0.25, -0.2) is 0 Å². The Morgan fingerprint density at radius 3 is 2.85 bits per heavy atom. The van der Waals surface area contributed by atoms with Crippen molar-refractivity contribution in [3.05, 3.63) is 43.5 Å². The first-order chi connectivity index (χ1) is 9.72. The average molecular weight is 448 g/mol. The third-order valence-corrected chi connectivity index (χ3v) is 5.27. The second-order valence-corrected chi connectivity index (χ2v) is 7.49. The summed E-state index contributed by atoms with van der Waals surface area (Å²) in [5.74, 6) is 0. The highest BCUT2D eigenvalue weighted by atomic mass is 127. The van der Waals surface area contributed by atoms with Gasteiger partial charge in [0.25, 0.3) is 0 Å². The molecule has 0 bridgehead atoms. The van der Waals surface area contributed by atoms with E-state index in [1.54, 1.807) is 5.57 Å². The average Bonchev–Trinajstić information content (AvgIpc) is 2.40. The minimum atomic E-state index is 0.363. The summed E-state index contributed by atoms with van der Waals surface area (Å²) >= 11 is 6.13. The van der Waals surface area contributed by atoms with Crippen LogP contribution >= 0.6 is 38.5 Å². The summed E-state index contributed by atoms with van der Waals surface area (Å²) in [5.41, 5.74) is 2.96. The van der Waals surface area contributed by atoms with E-state index in [-0.39, 0.29) is 0 Å². The quantitative estimate of drug-likeness (QED) is 0.441. The van der Waals surface area contributed by atoms with Crippen molar-refractivity contribution in [3.63, 3.8) is 0 Å². The van der Waals surface area contributed by atoms with Gasteiger partial charge in [0.05, 0.1) is 6.04 Å².